The molecule has 0 aliphatic heterocycles. The number of aromatic amines is 1. The number of carboxylic acid groups (broad SMARTS) is 1. The van der Waals surface area contributed by atoms with Crippen LogP contribution in [0.15, 0.2) is 54.7 Å². The Morgan fingerprint density at radius 1 is 1.07 bits per heavy atom. The van der Waals surface area contributed by atoms with E-state index in [1.165, 1.54) is 18.3 Å². The van der Waals surface area contributed by atoms with Gasteiger partial charge in [-0.1, -0.05) is 36.4 Å². The van der Waals surface area contributed by atoms with Crippen LogP contribution in [-0.4, -0.2) is 34.1 Å². The Hall–Kier alpha value is -3.33. The molecule has 2 atom stereocenters. The molecule has 30 heavy (non-hydrogen) atoms. The van der Waals surface area contributed by atoms with Crippen molar-refractivity contribution in [3.63, 3.8) is 0 Å². The number of fused-ring (bicyclic) bond motifs is 1. The topological polar surface area (TPSA) is 108 Å². The number of hydrogen-bond acceptors (Lipinski definition) is 3. The van der Waals surface area contributed by atoms with Gasteiger partial charge in [-0.15, -0.1) is 0 Å². The first-order chi connectivity index (χ1) is 14.2. The molecule has 0 saturated carbocycles. The Balaban J connectivity index is 1.80. The number of alkyl halides is 3. The van der Waals surface area contributed by atoms with Crippen molar-refractivity contribution in [1.82, 2.24) is 10.3 Å². The predicted molar refractivity (Wildman–Crippen MR) is 105 cm³/mol. The first kappa shape index (κ1) is 21.4. The molecule has 0 fully saturated rings. The Morgan fingerprint density at radius 2 is 1.77 bits per heavy atom. The maximum Gasteiger partial charge on any atom is 0.417 e. The molecule has 9 heteroatoms. The normalized spacial score (nSPS) is 13.7. The van der Waals surface area contributed by atoms with Gasteiger partial charge in [-0.2, -0.15) is 13.2 Å². The van der Waals surface area contributed by atoms with Crippen LogP contribution < -0.4 is 11.1 Å². The van der Waals surface area contributed by atoms with Crippen molar-refractivity contribution in [2.45, 2.75) is 31.1 Å². The standard InChI is InChI=1S/C21H20F3N3O3/c22-21(23,24)14-7-4-8-16-18(14)13(11-26-16)10-17(20(29)30)27-19(28)15(25)9-12-5-2-1-3-6-12/h1-8,11,15,17,26H,9-10,25H2,(H,27,28)(H,29,30)/t15-,17-/m0/s1. The second-order valence-corrected chi connectivity index (χ2v) is 6.94. The number of nitrogens with one attached hydrogen (secondary N) is 2. The van der Waals surface area contributed by atoms with E-state index in [0.29, 0.717) is 0 Å². The molecule has 3 rings (SSSR count). The van der Waals surface area contributed by atoms with Gasteiger partial charge in [0.15, 0.2) is 0 Å². The third-order valence-corrected chi connectivity index (χ3v) is 4.77. The fourth-order valence-corrected chi connectivity index (χ4v) is 3.31. The van der Waals surface area contributed by atoms with Crippen LogP contribution in [-0.2, 0) is 28.6 Å². The van der Waals surface area contributed by atoms with Crippen LogP contribution in [0.3, 0.4) is 0 Å². The number of carbonyl (C=O) groups is 2. The fourth-order valence-electron chi connectivity index (χ4n) is 3.31. The summed E-state index contributed by atoms with van der Waals surface area (Å²) in [6, 6.07) is 10.2. The smallest absolute Gasteiger partial charge is 0.417 e. The molecule has 1 heterocycles. The van der Waals surface area contributed by atoms with Crippen LogP contribution in [0, 0.1) is 0 Å². The van der Waals surface area contributed by atoms with Crippen LogP contribution in [0.2, 0.25) is 0 Å². The summed E-state index contributed by atoms with van der Waals surface area (Å²) in [5, 5.41) is 11.7. The highest BCUT2D eigenvalue weighted by molar-refractivity contribution is 5.90. The monoisotopic (exact) mass is 419 g/mol. The summed E-state index contributed by atoms with van der Waals surface area (Å²) < 4.78 is 40.1. The van der Waals surface area contributed by atoms with Gasteiger partial charge in [0.05, 0.1) is 11.6 Å². The minimum absolute atomic E-state index is 0.112. The molecule has 2 aromatic carbocycles. The minimum Gasteiger partial charge on any atom is -0.480 e. The molecule has 6 nitrogen and oxygen atoms in total. The second kappa shape index (κ2) is 8.58. The summed E-state index contributed by atoms with van der Waals surface area (Å²) in [4.78, 5) is 26.8. The van der Waals surface area contributed by atoms with Crippen molar-refractivity contribution in [2.75, 3.05) is 0 Å². The van der Waals surface area contributed by atoms with Crippen LogP contribution in [0.25, 0.3) is 10.9 Å². The number of H-pyrrole nitrogens is 1. The number of aromatic nitrogens is 1. The van der Waals surface area contributed by atoms with E-state index in [1.807, 2.05) is 6.07 Å². The van der Waals surface area contributed by atoms with Gasteiger partial charge >= 0.3 is 12.1 Å². The van der Waals surface area contributed by atoms with E-state index in [4.69, 9.17) is 5.73 Å². The SMILES string of the molecule is N[C@@H](Cc1ccccc1)C(=O)N[C@@H](Cc1c[nH]c2cccc(C(F)(F)F)c12)C(=O)O. The number of amides is 1. The number of carboxylic acids is 1. The molecule has 0 spiro atoms. The van der Waals surface area contributed by atoms with Gasteiger partial charge in [-0.05, 0) is 29.7 Å². The zero-order valence-corrected chi connectivity index (χ0v) is 15.7. The van der Waals surface area contributed by atoms with Gasteiger partial charge in [0.1, 0.15) is 6.04 Å². The molecular weight excluding hydrogens is 399 g/mol. The third-order valence-electron chi connectivity index (χ3n) is 4.77. The van der Waals surface area contributed by atoms with E-state index in [0.717, 1.165) is 11.6 Å². The van der Waals surface area contributed by atoms with Gasteiger partial charge in [-0.25, -0.2) is 4.79 Å². The lowest BCUT2D eigenvalue weighted by atomic mass is 10.00. The van der Waals surface area contributed by atoms with Crippen LogP contribution in [0.1, 0.15) is 16.7 Å². The number of rotatable bonds is 7. The minimum atomic E-state index is -4.60. The molecule has 3 aromatic rings. The first-order valence-corrected chi connectivity index (χ1v) is 9.15. The summed E-state index contributed by atoms with van der Waals surface area (Å²) in [6.07, 6.45) is -3.40. The molecule has 5 N–H and O–H groups in total. The van der Waals surface area contributed by atoms with Gasteiger partial charge in [-0.3, -0.25) is 4.79 Å². The van der Waals surface area contributed by atoms with Gasteiger partial charge in [0.2, 0.25) is 5.91 Å². The molecule has 158 valence electrons. The summed E-state index contributed by atoms with van der Waals surface area (Å²) in [5.41, 5.74) is 6.19. The van der Waals surface area contributed by atoms with Crippen molar-refractivity contribution >= 4 is 22.8 Å². The first-order valence-electron chi connectivity index (χ1n) is 9.15. The molecule has 0 aliphatic rings. The highest BCUT2D eigenvalue weighted by Gasteiger charge is 2.34. The van der Waals surface area contributed by atoms with Crippen molar-refractivity contribution in [3.05, 3.63) is 71.4 Å². The van der Waals surface area contributed by atoms with Crippen molar-refractivity contribution in [3.8, 4) is 0 Å². The summed E-state index contributed by atoms with van der Waals surface area (Å²) >= 11 is 0. The molecule has 1 aromatic heterocycles. The molecule has 0 radical (unpaired) electrons. The highest BCUT2D eigenvalue weighted by Crippen LogP contribution is 2.36. The van der Waals surface area contributed by atoms with Crippen LogP contribution in [0.5, 0.6) is 0 Å². The molecular formula is C21H20F3N3O3. The average Bonchev–Trinajstić information content (AvgIpc) is 3.10. The predicted octanol–water partition coefficient (Wildman–Crippen LogP) is 2.87. The maximum atomic E-state index is 13.4. The number of hydrogen-bond donors (Lipinski definition) is 4. The van der Waals surface area contributed by atoms with E-state index >= 15 is 0 Å². The number of halogens is 3. The largest absolute Gasteiger partial charge is 0.480 e. The lowest BCUT2D eigenvalue weighted by Gasteiger charge is -2.18. The van der Waals surface area contributed by atoms with Crippen LogP contribution >= 0.6 is 0 Å². The second-order valence-electron chi connectivity index (χ2n) is 6.94. The average molecular weight is 419 g/mol. The van der Waals surface area contributed by atoms with Gasteiger partial charge in [0, 0.05) is 23.5 Å². The third kappa shape index (κ3) is 4.80. The maximum absolute atomic E-state index is 13.4. The van der Waals surface area contributed by atoms with Gasteiger partial charge in [0.25, 0.3) is 0 Å². The van der Waals surface area contributed by atoms with Gasteiger partial charge < -0.3 is 21.1 Å². The fraction of sp³-hybridized carbons (Fsp3) is 0.238. The van der Waals surface area contributed by atoms with E-state index in [2.05, 4.69) is 10.3 Å². The lowest BCUT2D eigenvalue weighted by Crippen LogP contribution is -2.50. The molecule has 0 unspecified atom stereocenters. The van der Waals surface area contributed by atoms with E-state index in [-0.39, 0.29) is 29.3 Å². The Labute approximate surface area is 169 Å². The highest BCUT2D eigenvalue weighted by atomic mass is 19.4. The Bertz CT molecular complexity index is 1050. The molecule has 1 amide bonds. The van der Waals surface area contributed by atoms with Crippen molar-refractivity contribution in [1.29, 1.82) is 0 Å². The number of aliphatic carboxylic acids is 1. The van der Waals surface area contributed by atoms with Crippen LogP contribution in [0.4, 0.5) is 13.2 Å². The molecule has 0 bridgehead atoms. The summed E-state index contributed by atoms with van der Waals surface area (Å²) in [5.74, 6) is -2.06. The van der Waals surface area contributed by atoms with E-state index in [9.17, 15) is 27.9 Å². The zero-order chi connectivity index (χ0) is 21.9. The molecule has 0 aliphatic carbocycles. The van der Waals surface area contributed by atoms with E-state index in [1.54, 1.807) is 24.3 Å². The Kier molecular flexibility index (Phi) is 6.12. The summed E-state index contributed by atoms with van der Waals surface area (Å²) in [7, 11) is 0. The lowest BCUT2D eigenvalue weighted by molar-refractivity contribution is -0.141. The van der Waals surface area contributed by atoms with Crippen molar-refractivity contribution < 1.29 is 27.9 Å². The number of benzene rings is 2. The number of carbonyl (C=O) groups excluding carboxylic acids is 1. The van der Waals surface area contributed by atoms with E-state index < -0.39 is 35.7 Å². The quantitative estimate of drug-likeness (QED) is 0.472. The Morgan fingerprint density at radius 3 is 2.40 bits per heavy atom. The van der Waals surface area contributed by atoms with Crippen molar-refractivity contribution in [2.24, 2.45) is 5.73 Å². The summed E-state index contributed by atoms with van der Waals surface area (Å²) in [6.45, 7) is 0. The zero-order valence-electron chi connectivity index (χ0n) is 15.7. The molecule has 0 saturated heterocycles. The number of nitrogens with two attached hydrogens (primary N) is 1.